The smallest absolute Gasteiger partial charge is 0.329 e. The van der Waals surface area contributed by atoms with E-state index in [1.165, 1.54) is 14.2 Å². The lowest BCUT2D eigenvalue weighted by molar-refractivity contribution is 0.354. The fraction of sp³-hybridized carbons (Fsp3) is 0.333. The van der Waals surface area contributed by atoms with E-state index in [-0.39, 0.29) is 6.16 Å². The maximum absolute atomic E-state index is 10.8. The highest BCUT2D eigenvalue weighted by atomic mass is 31.2. The van der Waals surface area contributed by atoms with Crippen molar-refractivity contribution in [2.45, 2.75) is 6.16 Å². The Bertz CT molecular complexity index is 384. The van der Waals surface area contributed by atoms with Gasteiger partial charge in [0.25, 0.3) is 0 Å². The van der Waals surface area contributed by atoms with E-state index in [2.05, 4.69) is 0 Å². The van der Waals surface area contributed by atoms with Crippen LogP contribution in [0, 0.1) is 0 Å². The lowest BCUT2D eigenvalue weighted by atomic mass is 10.2. The van der Waals surface area contributed by atoms with E-state index in [1.807, 2.05) is 0 Å². The monoisotopic (exact) mass is 232 g/mol. The molecule has 1 aromatic carbocycles. The average molecular weight is 232 g/mol. The Hall–Kier alpha value is -1.03. The van der Waals surface area contributed by atoms with Crippen LogP contribution in [-0.2, 0) is 10.7 Å². The van der Waals surface area contributed by atoms with Crippen LogP contribution in [0.2, 0.25) is 0 Å². The molecule has 0 aliphatic carbocycles. The summed E-state index contributed by atoms with van der Waals surface area (Å²) in [5, 5.41) is 0. The molecule has 0 aromatic heterocycles. The molecule has 5 nitrogen and oxygen atoms in total. The van der Waals surface area contributed by atoms with Crippen LogP contribution in [-0.4, -0.2) is 24.0 Å². The van der Waals surface area contributed by atoms with Crippen LogP contribution in [0.15, 0.2) is 18.2 Å². The number of methoxy groups -OCH3 is 2. The second-order valence-corrected chi connectivity index (χ2v) is 4.66. The van der Waals surface area contributed by atoms with Crippen molar-refractivity contribution in [3.05, 3.63) is 23.8 Å². The highest BCUT2D eigenvalue weighted by Gasteiger charge is 2.15. The zero-order valence-electron chi connectivity index (χ0n) is 8.51. The molecule has 0 aliphatic heterocycles. The van der Waals surface area contributed by atoms with Crippen LogP contribution < -0.4 is 9.47 Å². The molecule has 6 heteroatoms. The van der Waals surface area contributed by atoms with Crippen molar-refractivity contribution >= 4 is 7.60 Å². The summed E-state index contributed by atoms with van der Waals surface area (Å²) in [4.78, 5) is 17.6. The van der Waals surface area contributed by atoms with Gasteiger partial charge in [-0.1, -0.05) is 6.07 Å². The van der Waals surface area contributed by atoms with Gasteiger partial charge in [0.2, 0.25) is 0 Å². The molecule has 15 heavy (non-hydrogen) atoms. The molecule has 0 atom stereocenters. The zero-order chi connectivity index (χ0) is 11.5. The van der Waals surface area contributed by atoms with Gasteiger partial charge in [0.1, 0.15) is 0 Å². The molecule has 0 saturated carbocycles. The molecule has 1 rings (SSSR count). The van der Waals surface area contributed by atoms with Crippen molar-refractivity contribution in [2.75, 3.05) is 14.2 Å². The average Bonchev–Trinajstić information content (AvgIpc) is 2.15. The number of ether oxygens (including phenoxy) is 2. The lowest BCUT2D eigenvalue weighted by Crippen LogP contribution is -1.93. The topological polar surface area (TPSA) is 76.0 Å². The van der Waals surface area contributed by atoms with Gasteiger partial charge in [0.15, 0.2) is 11.5 Å². The Morgan fingerprint density at radius 2 is 1.80 bits per heavy atom. The van der Waals surface area contributed by atoms with Gasteiger partial charge >= 0.3 is 7.60 Å². The molecule has 0 unspecified atom stereocenters. The molecule has 0 aliphatic rings. The van der Waals surface area contributed by atoms with Crippen molar-refractivity contribution in [1.82, 2.24) is 0 Å². The minimum absolute atomic E-state index is 0.298. The molecular weight excluding hydrogens is 219 g/mol. The standard InChI is InChI=1S/C9H13O5P/c1-13-8-4-3-7(5-9(8)14-2)6-15(10,11)12/h3-5H,6H2,1-2H3,(H2,10,11,12). The minimum atomic E-state index is -4.04. The van der Waals surface area contributed by atoms with Gasteiger partial charge in [-0.3, -0.25) is 4.57 Å². The van der Waals surface area contributed by atoms with Crippen molar-refractivity contribution < 1.29 is 23.8 Å². The van der Waals surface area contributed by atoms with E-state index in [1.54, 1.807) is 18.2 Å². The third-order valence-corrected chi connectivity index (χ3v) is 2.61. The minimum Gasteiger partial charge on any atom is -0.493 e. The quantitative estimate of drug-likeness (QED) is 0.767. The number of rotatable bonds is 4. The summed E-state index contributed by atoms with van der Waals surface area (Å²) in [5.74, 6) is 0.996. The van der Waals surface area contributed by atoms with Crippen molar-refractivity contribution in [2.24, 2.45) is 0 Å². The summed E-state index contributed by atoms with van der Waals surface area (Å²) >= 11 is 0. The first-order valence-electron chi connectivity index (χ1n) is 4.22. The van der Waals surface area contributed by atoms with E-state index >= 15 is 0 Å². The molecule has 0 radical (unpaired) electrons. The van der Waals surface area contributed by atoms with Gasteiger partial charge in [-0.15, -0.1) is 0 Å². The zero-order valence-corrected chi connectivity index (χ0v) is 9.40. The van der Waals surface area contributed by atoms with Gasteiger partial charge in [0, 0.05) is 0 Å². The first kappa shape index (κ1) is 12.0. The number of hydrogen-bond donors (Lipinski definition) is 2. The Morgan fingerprint density at radius 3 is 2.27 bits per heavy atom. The van der Waals surface area contributed by atoms with Crippen molar-refractivity contribution in [3.8, 4) is 11.5 Å². The molecule has 0 fully saturated rings. The molecule has 0 spiro atoms. The normalized spacial score (nSPS) is 11.2. The number of benzene rings is 1. The largest absolute Gasteiger partial charge is 0.493 e. The predicted molar refractivity (Wildman–Crippen MR) is 55.3 cm³/mol. The van der Waals surface area contributed by atoms with Gasteiger partial charge < -0.3 is 19.3 Å². The van der Waals surface area contributed by atoms with Crippen LogP contribution in [0.3, 0.4) is 0 Å². The van der Waals surface area contributed by atoms with Crippen LogP contribution in [0.1, 0.15) is 5.56 Å². The van der Waals surface area contributed by atoms with E-state index in [0.29, 0.717) is 17.1 Å². The summed E-state index contributed by atoms with van der Waals surface area (Å²) in [7, 11) is -1.07. The third kappa shape index (κ3) is 3.55. The van der Waals surface area contributed by atoms with Crippen LogP contribution in [0.5, 0.6) is 11.5 Å². The molecule has 0 saturated heterocycles. The third-order valence-electron chi connectivity index (χ3n) is 1.84. The molecule has 0 amide bonds. The second-order valence-electron chi connectivity index (χ2n) is 3.01. The summed E-state index contributed by atoms with van der Waals surface area (Å²) in [6, 6.07) is 4.77. The summed E-state index contributed by atoms with van der Waals surface area (Å²) in [6.07, 6.45) is -0.298. The highest BCUT2D eigenvalue weighted by Crippen LogP contribution is 2.40. The summed E-state index contributed by atoms with van der Waals surface area (Å²) < 4.78 is 20.8. The Labute approximate surface area is 87.8 Å². The van der Waals surface area contributed by atoms with Crippen molar-refractivity contribution in [1.29, 1.82) is 0 Å². The first-order valence-corrected chi connectivity index (χ1v) is 6.01. The van der Waals surface area contributed by atoms with Gasteiger partial charge in [-0.25, -0.2) is 0 Å². The van der Waals surface area contributed by atoms with Crippen molar-refractivity contribution in [3.63, 3.8) is 0 Å². The molecule has 2 N–H and O–H groups in total. The summed E-state index contributed by atoms with van der Waals surface area (Å²) in [6.45, 7) is 0. The first-order chi connectivity index (χ1) is 6.96. The maximum atomic E-state index is 10.8. The van der Waals surface area contributed by atoms with Gasteiger partial charge in [-0.05, 0) is 17.7 Å². The SMILES string of the molecule is COc1ccc(CP(=O)(O)O)cc1OC. The maximum Gasteiger partial charge on any atom is 0.329 e. The fourth-order valence-electron chi connectivity index (χ4n) is 1.22. The van der Waals surface area contributed by atoms with Crippen LogP contribution >= 0.6 is 7.60 Å². The lowest BCUT2D eigenvalue weighted by Gasteiger charge is -2.09. The summed E-state index contributed by atoms with van der Waals surface area (Å²) in [5.41, 5.74) is 0.515. The Balaban J connectivity index is 2.98. The van der Waals surface area contributed by atoms with E-state index in [4.69, 9.17) is 19.3 Å². The Morgan fingerprint density at radius 1 is 1.20 bits per heavy atom. The van der Waals surface area contributed by atoms with Gasteiger partial charge in [0.05, 0.1) is 20.4 Å². The van der Waals surface area contributed by atoms with E-state index < -0.39 is 7.60 Å². The van der Waals surface area contributed by atoms with E-state index in [9.17, 15) is 4.57 Å². The molecule has 84 valence electrons. The molecule has 0 bridgehead atoms. The highest BCUT2D eigenvalue weighted by molar-refractivity contribution is 7.50. The molecular formula is C9H13O5P. The predicted octanol–water partition coefficient (Wildman–Crippen LogP) is 1.38. The fourth-order valence-corrected chi connectivity index (χ4v) is 1.89. The Kier molecular flexibility index (Phi) is 3.74. The van der Waals surface area contributed by atoms with Crippen LogP contribution in [0.4, 0.5) is 0 Å². The number of hydrogen-bond acceptors (Lipinski definition) is 3. The van der Waals surface area contributed by atoms with E-state index in [0.717, 1.165) is 0 Å². The van der Waals surface area contributed by atoms with Gasteiger partial charge in [-0.2, -0.15) is 0 Å². The van der Waals surface area contributed by atoms with Crippen LogP contribution in [0.25, 0.3) is 0 Å². The molecule has 1 aromatic rings. The second kappa shape index (κ2) is 4.66. The molecule has 0 heterocycles.